The molecular weight excluding hydrogens is 619 g/mol. The van der Waals surface area contributed by atoms with Gasteiger partial charge in [0.05, 0.1) is 43.1 Å². The maximum absolute atomic E-state index is 13.9. The summed E-state index contributed by atoms with van der Waals surface area (Å²) >= 11 is 1.51. The summed E-state index contributed by atoms with van der Waals surface area (Å²) in [6.07, 6.45) is 0.545. The van der Waals surface area contributed by atoms with Crippen LogP contribution in [0.4, 0.5) is 10.1 Å². The number of methoxy groups -OCH3 is 1. The highest BCUT2D eigenvalue weighted by Gasteiger charge is 2.42. The van der Waals surface area contributed by atoms with Crippen LogP contribution in [0.3, 0.4) is 0 Å². The molecule has 3 atom stereocenters. The normalized spacial score (nSPS) is 16.7. The van der Waals surface area contributed by atoms with Crippen LogP contribution < -0.4 is 14.2 Å². The van der Waals surface area contributed by atoms with Gasteiger partial charge in [0.25, 0.3) is 5.91 Å². The number of aliphatic hydroxyl groups excluding tert-OH is 1. The Morgan fingerprint density at radius 3 is 2.52 bits per heavy atom. The van der Waals surface area contributed by atoms with Crippen molar-refractivity contribution in [2.75, 3.05) is 39.2 Å². The summed E-state index contributed by atoms with van der Waals surface area (Å²) in [6.45, 7) is 6.41. The first kappa shape index (κ1) is 34.9. The van der Waals surface area contributed by atoms with Crippen molar-refractivity contribution >= 4 is 23.4 Å². The zero-order valence-electron chi connectivity index (χ0n) is 26.3. The number of carbonyl (C=O) groups excluding carboxylic acids is 1. The molecule has 0 spiro atoms. The number of amides is 1. The number of nitrogens with zero attached hydrogens (tertiary/aromatic N) is 4. The molecule has 14 heteroatoms. The molecule has 2 aromatic carbocycles. The monoisotopic (exact) mass is 658 g/mol. The third-order valence-electron chi connectivity index (χ3n) is 7.26. The number of benzene rings is 2. The molecule has 1 amide bonds. The number of unbranched alkanes of at least 4 members (excludes halogenated alkanes) is 1. The van der Waals surface area contributed by atoms with Crippen LogP contribution >= 0.6 is 11.8 Å². The molecule has 0 saturated carbocycles. The maximum Gasteiger partial charge on any atom is 0.323 e. The molecule has 1 N–H and O–H groups in total. The fourth-order valence-corrected chi connectivity index (χ4v) is 6.24. The number of likely N-dealkylation sites (tertiary alicyclic amines) is 1. The SMILES string of the molecule is CCOC(SCC)[C@@H]1C[C@@H](O)CN1C(=O)c1cc(OC)cc(OCCCCOc2cc(-c3ccc(F)cc3)nc(C)n2)c1[N+](=O)[O-]. The molecule has 0 radical (unpaired) electrons. The predicted octanol–water partition coefficient (Wildman–Crippen LogP) is 5.44. The second kappa shape index (κ2) is 16.5. The van der Waals surface area contributed by atoms with Gasteiger partial charge in [-0.25, -0.2) is 9.37 Å². The number of aryl methyl sites for hydroxylation is 1. The van der Waals surface area contributed by atoms with Gasteiger partial charge in [-0.3, -0.25) is 14.9 Å². The lowest BCUT2D eigenvalue weighted by atomic mass is 10.1. The first-order chi connectivity index (χ1) is 22.1. The molecular formula is C32H39FN4O8S. The fourth-order valence-electron chi connectivity index (χ4n) is 5.20. The molecule has 1 aliphatic heterocycles. The maximum atomic E-state index is 13.9. The van der Waals surface area contributed by atoms with Crippen molar-refractivity contribution in [3.63, 3.8) is 0 Å². The number of rotatable bonds is 16. The van der Waals surface area contributed by atoms with Crippen LogP contribution in [0.25, 0.3) is 11.3 Å². The summed E-state index contributed by atoms with van der Waals surface area (Å²) < 4.78 is 36.2. The summed E-state index contributed by atoms with van der Waals surface area (Å²) in [7, 11) is 1.40. The number of halogens is 1. The van der Waals surface area contributed by atoms with Gasteiger partial charge in [0.15, 0.2) is 0 Å². The molecule has 12 nitrogen and oxygen atoms in total. The third-order valence-corrected chi connectivity index (χ3v) is 8.37. The van der Waals surface area contributed by atoms with Crippen LogP contribution in [0.1, 0.15) is 49.3 Å². The van der Waals surface area contributed by atoms with E-state index in [1.165, 1.54) is 48.0 Å². The van der Waals surface area contributed by atoms with Crippen molar-refractivity contribution in [1.82, 2.24) is 14.9 Å². The Morgan fingerprint density at radius 2 is 1.87 bits per heavy atom. The smallest absolute Gasteiger partial charge is 0.323 e. The van der Waals surface area contributed by atoms with E-state index in [4.69, 9.17) is 18.9 Å². The summed E-state index contributed by atoms with van der Waals surface area (Å²) in [5, 5.41) is 22.8. The average Bonchev–Trinajstić information content (AvgIpc) is 3.43. The Balaban J connectivity index is 1.43. The number of aromatic nitrogens is 2. The molecule has 0 aliphatic carbocycles. The number of aliphatic hydroxyl groups is 1. The van der Waals surface area contributed by atoms with Crippen molar-refractivity contribution < 1.29 is 38.2 Å². The molecule has 1 unspecified atom stereocenters. The van der Waals surface area contributed by atoms with E-state index in [-0.39, 0.29) is 41.5 Å². The molecule has 248 valence electrons. The molecule has 1 fully saturated rings. The van der Waals surface area contributed by atoms with E-state index in [2.05, 4.69) is 9.97 Å². The molecule has 0 bridgehead atoms. The number of ether oxygens (including phenoxy) is 4. The molecule has 2 heterocycles. The Morgan fingerprint density at radius 1 is 1.15 bits per heavy atom. The number of nitro groups is 1. The summed E-state index contributed by atoms with van der Waals surface area (Å²) in [5.74, 6) is 0.794. The zero-order valence-corrected chi connectivity index (χ0v) is 27.1. The van der Waals surface area contributed by atoms with Gasteiger partial charge in [-0.15, -0.1) is 11.8 Å². The molecule has 1 aliphatic rings. The number of β-amino-alcohol motifs (C(OH)–C–C–N with tert-alkyl or cyclic N) is 1. The van der Waals surface area contributed by atoms with Crippen molar-refractivity contribution in [2.45, 2.75) is 57.6 Å². The van der Waals surface area contributed by atoms with Crippen LogP contribution in [-0.4, -0.2) is 87.6 Å². The van der Waals surface area contributed by atoms with Crippen LogP contribution in [0.15, 0.2) is 42.5 Å². The van der Waals surface area contributed by atoms with Crippen LogP contribution in [0.5, 0.6) is 17.4 Å². The van der Waals surface area contributed by atoms with Gasteiger partial charge >= 0.3 is 5.69 Å². The fraction of sp³-hybridized carbons (Fsp3) is 0.469. The van der Waals surface area contributed by atoms with E-state index in [1.54, 1.807) is 25.1 Å². The first-order valence-corrected chi connectivity index (χ1v) is 16.2. The predicted molar refractivity (Wildman–Crippen MR) is 171 cm³/mol. The van der Waals surface area contributed by atoms with Gasteiger partial charge in [0, 0.05) is 36.9 Å². The van der Waals surface area contributed by atoms with Crippen molar-refractivity contribution in [3.8, 4) is 28.6 Å². The molecule has 1 aromatic heterocycles. The second-order valence-corrected chi connectivity index (χ2v) is 11.9. The highest BCUT2D eigenvalue weighted by Crippen LogP contribution is 2.38. The summed E-state index contributed by atoms with van der Waals surface area (Å²) in [6, 6.07) is 9.90. The van der Waals surface area contributed by atoms with Gasteiger partial charge < -0.3 is 29.0 Å². The first-order valence-electron chi connectivity index (χ1n) is 15.1. The van der Waals surface area contributed by atoms with E-state index in [0.717, 1.165) is 11.3 Å². The lowest BCUT2D eigenvalue weighted by Crippen LogP contribution is -2.43. The Kier molecular flexibility index (Phi) is 12.5. The number of hydrogen-bond donors (Lipinski definition) is 1. The number of hydrogen-bond acceptors (Lipinski definition) is 11. The van der Waals surface area contributed by atoms with Crippen molar-refractivity contribution in [3.05, 3.63) is 69.8 Å². The van der Waals surface area contributed by atoms with E-state index < -0.39 is 28.7 Å². The van der Waals surface area contributed by atoms with E-state index in [1.807, 2.05) is 13.8 Å². The number of thioether (sulfide) groups is 1. The lowest BCUT2D eigenvalue weighted by Gasteiger charge is -2.30. The van der Waals surface area contributed by atoms with Crippen molar-refractivity contribution in [1.29, 1.82) is 0 Å². The van der Waals surface area contributed by atoms with E-state index in [9.17, 15) is 24.4 Å². The van der Waals surface area contributed by atoms with Crippen LogP contribution in [0.2, 0.25) is 0 Å². The van der Waals surface area contributed by atoms with Crippen molar-refractivity contribution in [2.24, 2.45) is 0 Å². The van der Waals surface area contributed by atoms with Gasteiger partial charge in [-0.05, 0) is 63.1 Å². The van der Waals surface area contributed by atoms with Crippen LogP contribution in [-0.2, 0) is 4.74 Å². The quantitative estimate of drug-likeness (QED) is 0.0909. The topological polar surface area (TPSA) is 146 Å². The number of carbonyl (C=O) groups is 1. The standard InChI is InChI=1S/C32H39FN4O8S/c1-5-43-32(46-6-2)27-15-23(38)19-36(27)31(39)25-16-24(42-4)17-28(30(25)37(40)41)44-13-7-8-14-45-29-18-26(34-20(3)35-29)21-9-11-22(33)12-10-21/h9-12,16-18,23,27,32,38H,5-8,13-15,19H2,1-4H3/t23-,27+,32?/m1/s1. The molecule has 3 aromatic rings. The Labute approximate surface area is 271 Å². The molecule has 4 rings (SSSR count). The van der Waals surface area contributed by atoms with Gasteiger partial charge in [0.1, 0.15) is 28.4 Å². The molecule has 46 heavy (non-hydrogen) atoms. The molecule has 1 saturated heterocycles. The van der Waals surface area contributed by atoms with E-state index >= 15 is 0 Å². The van der Waals surface area contributed by atoms with Gasteiger partial charge in [0.2, 0.25) is 11.6 Å². The third kappa shape index (κ3) is 8.83. The minimum atomic E-state index is -0.780. The average molecular weight is 659 g/mol. The van der Waals surface area contributed by atoms with Crippen LogP contribution in [0, 0.1) is 22.9 Å². The second-order valence-electron chi connectivity index (χ2n) is 10.5. The van der Waals surface area contributed by atoms with Gasteiger partial charge in [-0.1, -0.05) is 6.92 Å². The number of nitro benzene ring substituents is 1. The largest absolute Gasteiger partial charge is 0.497 e. The zero-order chi connectivity index (χ0) is 33.2. The Bertz CT molecular complexity index is 1490. The van der Waals surface area contributed by atoms with E-state index in [0.29, 0.717) is 49.9 Å². The minimum absolute atomic E-state index is 0.0269. The Hall–Kier alpha value is -4.01. The highest BCUT2D eigenvalue weighted by atomic mass is 32.2. The highest BCUT2D eigenvalue weighted by molar-refractivity contribution is 7.99. The summed E-state index contributed by atoms with van der Waals surface area (Å²) in [4.78, 5) is 35.7. The van der Waals surface area contributed by atoms with Gasteiger partial charge in [-0.2, -0.15) is 4.98 Å². The minimum Gasteiger partial charge on any atom is -0.497 e. The summed E-state index contributed by atoms with van der Waals surface area (Å²) in [5.41, 5.74) is 0.291. The lowest BCUT2D eigenvalue weighted by molar-refractivity contribution is -0.386.